The Hall–Kier alpha value is -3.36. The largest absolute Gasteiger partial charge is 0.491 e. The molecule has 2 aromatic carbocycles. The van der Waals surface area contributed by atoms with E-state index in [2.05, 4.69) is 5.32 Å². The van der Waals surface area contributed by atoms with Crippen molar-refractivity contribution in [3.05, 3.63) is 60.4 Å². The van der Waals surface area contributed by atoms with E-state index in [4.69, 9.17) is 18.6 Å². The number of carbonyl (C=O) groups excluding carboxylic acids is 2. The third kappa shape index (κ3) is 5.22. The first-order valence-electron chi connectivity index (χ1n) is 10.2. The molecule has 0 radical (unpaired) electrons. The van der Waals surface area contributed by atoms with E-state index < -0.39 is 0 Å². The van der Waals surface area contributed by atoms with Crippen LogP contribution in [0.3, 0.4) is 0 Å². The van der Waals surface area contributed by atoms with E-state index in [0.29, 0.717) is 49.6 Å². The molecule has 2 heterocycles. The maximum Gasteiger partial charge on any atom is 0.291 e. The number of amides is 2. The summed E-state index contributed by atoms with van der Waals surface area (Å²) in [7, 11) is 0. The van der Waals surface area contributed by atoms with Crippen LogP contribution in [0.25, 0.3) is 11.0 Å². The van der Waals surface area contributed by atoms with Crippen molar-refractivity contribution in [2.24, 2.45) is 0 Å². The number of fused-ring (bicyclic) bond motifs is 1. The lowest BCUT2D eigenvalue weighted by atomic mass is 10.2. The Bertz CT molecular complexity index is 1030. The molecule has 4 rings (SSSR count). The van der Waals surface area contributed by atoms with Crippen LogP contribution >= 0.6 is 0 Å². The number of carbonyl (C=O) groups is 2. The lowest BCUT2D eigenvalue weighted by molar-refractivity contribution is -0.120. The van der Waals surface area contributed by atoms with Crippen LogP contribution in [0.15, 0.2) is 59.0 Å². The van der Waals surface area contributed by atoms with Gasteiger partial charge < -0.3 is 28.8 Å². The Balaban J connectivity index is 1.37. The van der Waals surface area contributed by atoms with Crippen molar-refractivity contribution < 1.29 is 28.2 Å². The zero-order valence-electron chi connectivity index (χ0n) is 17.0. The molecule has 0 bridgehead atoms. The molecule has 1 fully saturated rings. The van der Waals surface area contributed by atoms with E-state index >= 15 is 0 Å². The molecule has 162 valence electrons. The topological polar surface area (TPSA) is 90.2 Å². The molecular formula is C23H24N2O6. The molecule has 0 aliphatic carbocycles. The molecule has 0 atom stereocenters. The summed E-state index contributed by atoms with van der Waals surface area (Å²) in [6, 6.07) is 16.6. The van der Waals surface area contributed by atoms with Crippen LogP contribution in [-0.2, 0) is 14.3 Å². The molecule has 31 heavy (non-hydrogen) atoms. The summed E-state index contributed by atoms with van der Waals surface area (Å²) in [5.74, 6) is 0.213. The molecule has 3 aromatic rings. The molecule has 1 aliphatic heterocycles. The Morgan fingerprint density at radius 3 is 2.52 bits per heavy atom. The maximum absolute atomic E-state index is 13.0. The van der Waals surface area contributed by atoms with Gasteiger partial charge in [0.1, 0.15) is 30.2 Å². The van der Waals surface area contributed by atoms with Crippen molar-refractivity contribution in [3.63, 3.8) is 0 Å². The Morgan fingerprint density at radius 1 is 0.968 bits per heavy atom. The highest BCUT2D eigenvalue weighted by atomic mass is 16.5. The van der Waals surface area contributed by atoms with E-state index in [1.807, 2.05) is 42.5 Å². The molecule has 2 amide bonds. The highest BCUT2D eigenvalue weighted by Gasteiger charge is 2.27. The zero-order valence-corrected chi connectivity index (χ0v) is 17.0. The van der Waals surface area contributed by atoms with Crippen molar-refractivity contribution in [3.8, 4) is 5.75 Å². The number of furan rings is 1. The highest BCUT2D eigenvalue weighted by molar-refractivity contribution is 6.11. The second kappa shape index (κ2) is 10.1. The molecule has 1 aromatic heterocycles. The molecule has 0 unspecified atom stereocenters. The number of nitrogens with zero attached hydrogens (tertiary/aromatic N) is 1. The van der Waals surface area contributed by atoms with Gasteiger partial charge in [-0.05, 0) is 24.3 Å². The molecule has 8 nitrogen and oxygen atoms in total. The Kier molecular flexibility index (Phi) is 6.81. The number of anilines is 1. The van der Waals surface area contributed by atoms with Crippen molar-refractivity contribution in [1.82, 2.24) is 4.90 Å². The number of benzene rings is 2. The summed E-state index contributed by atoms with van der Waals surface area (Å²) in [5.41, 5.74) is 0.896. The van der Waals surface area contributed by atoms with Crippen molar-refractivity contribution >= 4 is 28.5 Å². The number of ether oxygens (including phenoxy) is 3. The van der Waals surface area contributed by atoms with Crippen LogP contribution in [0.4, 0.5) is 5.69 Å². The van der Waals surface area contributed by atoms with Gasteiger partial charge in [0.05, 0.1) is 19.8 Å². The van der Waals surface area contributed by atoms with Gasteiger partial charge in [0.25, 0.3) is 5.91 Å². The fourth-order valence-electron chi connectivity index (χ4n) is 3.31. The van der Waals surface area contributed by atoms with Crippen molar-refractivity contribution in [1.29, 1.82) is 0 Å². The van der Waals surface area contributed by atoms with Gasteiger partial charge in [-0.15, -0.1) is 0 Å². The molecule has 8 heteroatoms. The predicted molar refractivity (Wildman–Crippen MR) is 114 cm³/mol. The Labute approximate surface area is 179 Å². The summed E-state index contributed by atoms with van der Waals surface area (Å²) in [6.07, 6.45) is 0. The standard InChI is InChI=1S/C23H24N2O6/c26-20(16-29-14-15-30-17-6-2-1-3-7-17)24-21-18-8-4-5-9-19(18)31-22(21)23(27)25-10-12-28-13-11-25/h1-9H,10-16H2,(H,24,26). The fraction of sp³-hybridized carbons (Fsp3) is 0.304. The van der Waals surface area contributed by atoms with Gasteiger partial charge in [-0.1, -0.05) is 30.3 Å². The molecule has 1 saturated heterocycles. The quantitative estimate of drug-likeness (QED) is 0.559. The minimum Gasteiger partial charge on any atom is -0.491 e. The van der Waals surface area contributed by atoms with Crippen LogP contribution in [0, 0.1) is 0 Å². The number of para-hydroxylation sites is 2. The van der Waals surface area contributed by atoms with E-state index in [1.54, 1.807) is 17.0 Å². The highest BCUT2D eigenvalue weighted by Crippen LogP contribution is 2.32. The third-order valence-corrected chi connectivity index (χ3v) is 4.83. The number of morpholine rings is 1. The van der Waals surface area contributed by atoms with Crippen molar-refractivity contribution in [2.45, 2.75) is 0 Å². The molecule has 1 aliphatic rings. The van der Waals surface area contributed by atoms with Gasteiger partial charge in [0.15, 0.2) is 0 Å². The maximum atomic E-state index is 13.0. The van der Waals surface area contributed by atoms with Crippen LogP contribution in [0.1, 0.15) is 10.6 Å². The summed E-state index contributed by atoms with van der Waals surface area (Å²) >= 11 is 0. The first kappa shape index (κ1) is 20.9. The predicted octanol–water partition coefficient (Wildman–Crippen LogP) is 2.94. The summed E-state index contributed by atoms with van der Waals surface area (Å²) in [4.78, 5) is 27.1. The molecular weight excluding hydrogens is 400 g/mol. The average molecular weight is 424 g/mol. The van der Waals surface area contributed by atoms with E-state index in [9.17, 15) is 9.59 Å². The monoisotopic (exact) mass is 424 g/mol. The summed E-state index contributed by atoms with van der Waals surface area (Å²) in [5, 5.41) is 3.45. The second-order valence-corrected chi connectivity index (χ2v) is 6.97. The second-order valence-electron chi connectivity index (χ2n) is 6.97. The third-order valence-electron chi connectivity index (χ3n) is 4.83. The first-order valence-corrected chi connectivity index (χ1v) is 10.2. The molecule has 0 spiro atoms. The van der Waals surface area contributed by atoms with Crippen LogP contribution in [0.2, 0.25) is 0 Å². The van der Waals surface area contributed by atoms with Gasteiger partial charge in [-0.3, -0.25) is 9.59 Å². The van der Waals surface area contributed by atoms with Gasteiger partial charge in [-0.25, -0.2) is 0 Å². The number of hydrogen-bond donors (Lipinski definition) is 1. The summed E-state index contributed by atoms with van der Waals surface area (Å²) < 4.78 is 22.1. The summed E-state index contributed by atoms with van der Waals surface area (Å²) in [6.45, 7) is 2.34. The SMILES string of the molecule is O=C(COCCOc1ccccc1)Nc1c(C(=O)N2CCOCC2)oc2ccccc12. The van der Waals surface area contributed by atoms with Gasteiger partial charge in [0.2, 0.25) is 11.7 Å². The van der Waals surface area contributed by atoms with Gasteiger partial charge in [-0.2, -0.15) is 0 Å². The van der Waals surface area contributed by atoms with E-state index in [0.717, 1.165) is 5.75 Å². The smallest absolute Gasteiger partial charge is 0.291 e. The number of hydrogen-bond acceptors (Lipinski definition) is 6. The van der Waals surface area contributed by atoms with Gasteiger partial charge >= 0.3 is 0 Å². The first-order chi connectivity index (χ1) is 15.2. The zero-order chi connectivity index (χ0) is 21.5. The van der Waals surface area contributed by atoms with E-state index in [-0.39, 0.29) is 30.8 Å². The van der Waals surface area contributed by atoms with Crippen LogP contribution in [-0.4, -0.2) is 62.8 Å². The Morgan fingerprint density at radius 2 is 1.71 bits per heavy atom. The molecule has 0 saturated carbocycles. The average Bonchev–Trinajstić information content (AvgIpc) is 3.18. The lowest BCUT2D eigenvalue weighted by Gasteiger charge is -2.26. The van der Waals surface area contributed by atoms with Crippen LogP contribution in [0.5, 0.6) is 5.75 Å². The molecule has 1 N–H and O–H groups in total. The normalized spacial score (nSPS) is 13.9. The van der Waals surface area contributed by atoms with E-state index in [1.165, 1.54) is 0 Å². The number of rotatable bonds is 8. The minimum absolute atomic E-state index is 0.115. The minimum atomic E-state index is -0.373. The fourth-order valence-corrected chi connectivity index (χ4v) is 3.31. The lowest BCUT2D eigenvalue weighted by Crippen LogP contribution is -2.40. The van der Waals surface area contributed by atoms with Gasteiger partial charge in [0, 0.05) is 18.5 Å². The van der Waals surface area contributed by atoms with Crippen LogP contribution < -0.4 is 10.1 Å². The number of nitrogens with one attached hydrogen (secondary N) is 1. The van der Waals surface area contributed by atoms with Crippen molar-refractivity contribution in [2.75, 3.05) is 51.4 Å².